The Kier molecular flexibility index (Phi) is 3.25. The van der Waals surface area contributed by atoms with E-state index in [4.69, 9.17) is 0 Å². The number of aromatic nitrogens is 1. The summed E-state index contributed by atoms with van der Waals surface area (Å²) in [4.78, 5) is 26.0. The molecule has 98 valence electrons. The van der Waals surface area contributed by atoms with E-state index in [0.29, 0.717) is 27.9 Å². The number of H-pyrrole nitrogens is 1. The van der Waals surface area contributed by atoms with E-state index in [-0.39, 0.29) is 11.0 Å². The number of aryl methyl sites for hydroxylation is 1. The quantitative estimate of drug-likeness (QED) is 0.881. The van der Waals surface area contributed by atoms with Crippen LogP contribution in [0.4, 0.5) is 0 Å². The van der Waals surface area contributed by atoms with Crippen LogP contribution in [0.5, 0.6) is 0 Å². The molecule has 0 bridgehead atoms. The maximum absolute atomic E-state index is 11.9. The number of nitrogens with one attached hydrogen (secondary N) is 1. The minimum atomic E-state index is -1.22. The lowest BCUT2D eigenvalue weighted by Crippen LogP contribution is -2.23. The maximum Gasteiger partial charge on any atom is 0.187 e. The van der Waals surface area contributed by atoms with Gasteiger partial charge in [0.2, 0.25) is 0 Å². The average molecular weight is 256 g/mol. The first kappa shape index (κ1) is 13.1. The Morgan fingerprint density at radius 3 is 2.47 bits per heavy atom. The molecule has 0 radical (unpaired) electrons. The van der Waals surface area contributed by atoms with Crippen molar-refractivity contribution < 1.29 is 9.90 Å². The standard InChI is InChI=1S/C15H15NO3/c1-8-7-16-13(10(3)14(8)17)11-5-4-6-12(9(11)2)15(18)19/h4-7H,1-3H3,(H,16,17)(H,18,19)/p-1. The highest BCUT2D eigenvalue weighted by Crippen LogP contribution is 2.25. The van der Waals surface area contributed by atoms with E-state index in [1.807, 2.05) is 0 Å². The Hall–Kier alpha value is -2.36. The smallest absolute Gasteiger partial charge is 0.187 e. The Bertz CT molecular complexity index is 714. The van der Waals surface area contributed by atoms with Gasteiger partial charge in [0.15, 0.2) is 5.43 Å². The maximum atomic E-state index is 11.9. The number of benzene rings is 1. The molecule has 0 aliphatic rings. The molecule has 0 aliphatic carbocycles. The molecular weight excluding hydrogens is 242 g/mol. The first-order valence-electron chi connectivity index (χ1n) is 5.93. The monoisotopic (exact) mass is 256 g/mol. The van der Waals surface area contributed by atoms with E-state index in [9.17, 15) is 14.7 Å². The first-order valence-corrected chi connectivity index (χ1v) is 5.93. The summed E-state index contributed by atoms with van der Waals surface area (Å²) in [6.45, 7) is 5.17. The summed E-state index contributed by atoms with van der Waals surface area (Å²) in [5.41, 5.74) is 3.26. The minimum absolute atomic E-state index is 0.0352. The van der Waals surface area contributed by atoms with Gasteiger partial charge in [-0.15, -0.1) is 0 Å². The number of carboxylic acid groups (broad SMARTS) is 1. The van der Waals surface area contributed by atoms with Gasteiger partial charge in [-0.1, -0.05) is 18.2 Å². The molecule has 1 aromatic carbocycles. The van der Waals surface area contributed by atoms with Crippen molar-refractivity contribution in [3.8, 4) is 11.3 Å². The molecule has 1 heterocycles. The van der Waals surface area contributed by atoms with Crippen molar-refractivity contribution in [3.63, 3.8) is 0 Å². The van der Waals surface area contributed by atoms with Crippen molar-refractivity contribution >= 4 is 5.97 Å². The van der Waals surface area contributed by atoms with Crippen LogP contribution in [0.3, 0.4) is 0 Å². The third kappa shape index (κ3) is 2.17. The van der Waals surface area contributed by atoms with Gasteiger partial charge in [0, 0.05) is 28.5 Å². The molecule has 0 saturated heterocycles. The van der Waals surface area contributed by atoms with Crippen molar-refractivity contribution in [1.29, 1.82) is 0 Å². The highest BCUT2D eigenvalue weighted by atomic mass is 16.4. The normalized spacial score (nSPS) is 10.5. The lowest BCUT2D eigenvalue weighted by atomic mass is 9.97. The van der Waals surface area contributed by atoms with Gasteiger partial charge in [0.1, 0.15) is 0 Å². The van der Waals surface area contributed by atoms with Crippen LogP contribution in [-0.4, -0.2) is 11.0 Å². The van der Waals surface area contributed by atoms with Crippen LogP contribution in [0.1, 0.15) is 27.0 Å². The second-order valence-corrected chi connectivity index (χ2v) is 4.57. The lowest BCUT2D eigenvalue weighted by molar-refractivity contribution is -0.255. The summed E-state index contributed by atoms with van der Waals surface area (Å²) in [6, 6.07) is 4.93. The molecule has 0 unspecified atom stereocenters. The third-order valence-corrected chi connectivity index (χ3v) is 3.33. The number of aromatic carboxylic acids is 1. The summed E-state index contributed by atoms with van der Waals surface area (Å²) in [5, 5.41) is 11.0. The molecule has 4 heteroatoms. The number of pyridine rings is 1. The van der Waals surface area contributed by atoms with Gasteiger partial charge >= 0.3 is 0 Å². The molecule has 2 rings (SSSR count). The van der Waals surface area contributed by atoms with Crippen molar-refractivity contribution in [2.24, 2.45) is 0 Å². The van der Waals surface area contributed by atoms with Gasteiger partial charge < -0.3 is 14.9 Å². The zero-order valence-electron chi connectivity index (χ0n) is 11.0. The topological polar surface area (TPSA) is 73.0 Å². The summed E-state index contributed by atoms with van der Waals surface area (Å²) >= 11 is 0. The fourth-order valence-electron chi connectivity index (χ4n) is 2.17. The van der Waals surface area contributed by atoms with Crippen LogP contribution in [0, 0.1) is 20.8 Å². The number of rotatable bonds is 2. The number of carboxylic acids is 1. The van der Waals surface area contributed by atoms with Gasteiger partial charge in [-0.25, -0.2) is 0 Å². The molecule has 1 aromatic heterocycles. The van der Waals surface area contributed by atoms with E-state index in [1.54, 1.807) is 39.1 Å². The van der Waals surface area contributed by atoms with Gasteiger partial charge in [-0.2, -0.15) is 0 Å². The molecule has 0 aliphatic heterocycles. The number of carbonyl (C=O) groups is 1. The molecule has 0 saturated carbocycles. The molecule has 0 fully saturated rings. The van der Waals surface area contributed by atoms with Crippen molar-refractivity contribution in [1.82, 2.24) is 4.98 Å². The van der Waals surface area contributed by atoms with Crippen LogP contribution in [-0.2, 0) is 0 Å². The van der Waals surface area contributed by atoms with Crippen LogP contribution < -0.4 is 10.5 Å². The summed E-state index contributed by atoms with van der Waals surface area (Å²) < 4.78 is 0. The van der Waals surface area contributed by atoms with Crippen LogP contribution >= 0.6 is 0 Å². The molecule has 0 spiro atoms. The minimum Gasteiger partial charge on any atom is -0.545 e. The van der Waals surface area contributed by atoms with Gasteiger partial charge in [0.05, 0.1) is 11.7 Å². The highest BCUT2D eigenvalue weighted by Gasteiger charge is 2.11. The Labute approximate surface area is 110 Å². The molecular formula is C15H14NO3-. The summed E-state index contributed by atoms with van der Waals surface area (Å²) in [6.07, 6.45) is 1.63. The van der Waals surface area contributed by atoms with Crippen LogP contribution in [0.15, 0.2) is 29.2 Å². The first-order chi connectivity index (χ1) is 8.93. The number of hydrogen-bond acceptors (Lipinski definition) is 3. The lowest BCUT2D eigenvalue weighted by Gasteiger charge is -2.14. The fourth-order valence-corrected chi connectivity index (χ4v) is 2.17. The fraction of sp³-hybridized carbons (Fsp3) is 0.200. The molecule has 0 amide bonds. The van der Waals surface area contributed by atoms with E-state index in [1.165, 1.54) is 6.07 Å². The van der Waals surface area contributed by atoms with Crippen molar-refractivity contribution in [3.05, 3.63) is 56.9 Å². The Morgan fingerprint density at radius 1 is 1.16 bits per heavy atom. The molecule has 2 aromatic rings. The van der Waals surface area contributed by atoms with E-state index in [2.05, 4.69) is 4.98 Å². The molecule has 0 atom stereocenters. The van der Waals surface area contributed by atoms with Crippen LogP contribution in [0.2, 0.25) is 0 Å². The molecule has 4 nitrogen and oxygen atoms in total. The highest BCUT2D eigenvalue weighted by molar-refractivity contribution is 5.90. The largest absolute Gasteiger partial charge is 0.545 e. The van der Waals surface area contributed by atoms with Gasteiger partial charge in [0.25, 0.3) is 0 Å². The number of carbonyl (C=O) groups excluding carboxylic acids is 1. The van der Waals surface area contributed by atoms with E-state index in [0.717, 1.165) is 0 Å². The molecule has 1 N–H and O–H groups in total. The number of hydrogen-bond donors (Lipinski definition) is 1. The summed E-state index contributed by atoms with van der Waals surface area (Å²) in [7, 11) is 0. The predicted octanol–water partition coefficient (Wildman–Crippen LogP) is 1.33. The Morgan fingerprint density at radius 2 is 1.84 bits per heavy atom. The van der Waals surface area contributed by atoms with Crippen LogP contribution in [0.25, 0.3) is 11.3 Å². The van der Waals surface area contributed by atoms with Gasteiger partial charge in [-0.05, 0) is 26.3 Å². The zero-order valence-corrected chi connectivity index (χ0v) is 11.0. The van der Waals surface area contributed by atoms with Gasteiger partial charge in [-0.3, -0.25) is 4.79 Å². The van der Waals surface area contributed by atoms with E-state index >= 15 is 0 Å². The second-order valence-electron chi connectivity index (χ2n) is 4.57. The third-order valence-electron chi connectivity index (χ3n) is 3.33. The number of aromatic amines is 1. The average Bonchev–Trinajstić information content (AvgIpc) is 2.37. The molecule has 19 heavy (non-hydrogen) atoms. The summed E-state index contributed by atoms with van der Waals surface area (Å²) in [5.74, 6) is -1.22. The second kappa shape index (κ2) is 4.72. The van der Waals surface area contributed by atoms with Crippen molar-refractivity contribution in [2.75, 3.05) is 0 Å². The van der Waals surface area contributed by atoms with E-state index < -0.39 is 5.97 Å². The predicted molar refractivity (Wildman–Crippen MR) is 71.0 cm³/mol. The zero-order chi connectivity index (χ0) is 14.2. The van der Waals surface area contributed by atoms with Crippen molar-refractivity contribution in [2.45, 2.75) is 20.8 Å². The SMILES string of the molecule is Cc1c(C(=O)[O-])cccc1-c1[nH]cc(C)c(=O)c1C. The Balaban J connectivity index is 2.74.